The standard InChI is InChI=1S/C17H18ClNO5S/c1-23-13-4-6-14(7-5-13)25(21,22)10-9-17(20)19-12-3-8-16(24-2)15(18)11-12/h3-8,11H,9-10H2,1-2H3,(H,19,20). The maximum Gasteiger partial charge on any atom is 0.225 e. The molecule has 0 bridgehead atoms. The van der Waals surface area contributed by atoms with E-state index >= 15 is 0 Å². The zero-order chi connectivity index (χ0) is 18.4. The number of sulfone groups is 1. The topological polar surface area (TPSA) is 81.7 Å². The molecular formula is C17H18ClNO5S. The number of ether oxygens (including phenoxy) is 2. The monoisotopic (exact) mass is 383 g/mol. The molecule has 0 saturated heterocycles. The molecule has 2 aromatic rings. The number of benzene rings is 2. The Hall–Kier alpha value is -2.25. The summed E-state index contributed by atoms with van der Waals surface area (Å²) in [7, 11) is -0.565. The summed E-state index contributed by atoms with van der Waals surface area (Å²) in [5, 5.41) is 2.97. The Balaban J connectivity index is 1.97. The highest BCUT2D eigenvalue weighted by atomic mass is 35.5. The minimum Gasteiger partial charge on any atom is -0.497 e. The Morgan fingerprint density at radius 3 is 2.32 bits per heavy atom. The molecule has 1 amide bonds. The summed E-state index contributed by atoms with van der Waals surface area (Å²) in [6.45, 7) is 0. The zero-order valence-electron chi connectivity index (χ0n) is 13.8. The molecule has 0 radical (unpaired) electrons. The second-order valence-electron chi connectivity index (χ2n) is 5.14. The Bertz CT molecular complexity index is 850. The molecule has 6 nitrogen and oxygen atoms in total. The van der Waals surface area contributed by atoms with Crippen molar-refractivity contribution in [3.63, 3.8) is 0 Å². The molecule has 0 saturated carbocycles. The van der Waals surface area contributed by atoms with Crippen LogP contribution < -0.4 is 14.8 Å². The third-order valence-corrected chi connectivity index (χ3v) is 5.48. The molecular weight excluding hydrogens is 366 g/mol. The SMILES string of the molecule is COc1ccc(S(=O)(=O)CCC(=O)Nc2ccc(OC)c(Cl)c2)cc1. The lowest BCUT2D eigenvalue weighted by Gasteiger charge is -2.09. The van der Waals surface area contributed by atoms with Crippen molar-refractivity contribution in [2.75, 3.05) is 25.3 Å². The highest BCUT2D eigenvalue weighted by molar-refractivity contribution is 7.91. The van der Waals surface area contributed by atoms with Gasteiger partial charge < -0.3 is 14.8 Å². The summed E-state index contributed by atoms with van der Waals surface area (Å²) in [5.74, 6) is 0.336. The van der Waals surface area contributed by atoms with Crippen LogP contribution in [0.2, 0.25) is 5.02 Å². The quantitative estimate of drug-likeness (QED) is 0.794. The maximum absolute atomic E-state index is 12.3. The average Bonchev–Trinajstić information content (AvgIpc) is 2.60. The van der Waals surface area contributed by atoms with Gasteiger partial charge in [0.05, 0.1) is 29.9 Å². The number of nitrogens with one attached hydrogen (secondary N) is 1. The fourth-order valence-corrected chi connectivity index (χ4v) is 3.59. The van der Waals surface area contributed by atoms with Crippen molar-refractivity contribution >= 4 is 33.0 Å². The van der Waals surface area contributed by atoms with Crippen molar-refractivity contribution in [3.8, 4) is 11.5 Å². The van der Waals surface area contributed by atoms with E-state index in [1.54, 1.807) is 24.3 Å². The molecule has 0 aliphatic heterocycles. The van der Waals surface area contributed by atoms with Crippen molar-refractivity contribution in [3.05, 3.63) is 47.5 Å². The summed E-state index contributed by atoms with van der Waals surface area (Å²) in [5.41, 5.74) is 0.470. The second-order valence-corrected chi connectivity index (χ2v) is 7.66. The van der Waals surface area contributed by atoms with Crippen LogP contribution in [0.4, 0.5) is 5.69 Å². The zero-order valence-corrected chi connectivity index (χ0v) is 15.4. The Morgan fingerprint density at radius 2 is 1.76 bits per heavy atom. The van der Waals surface area contributed by atoms with Gasteiger partial charge in [0.2, 0.25) is 5.91 Å². The first kappa shape index (κ1) is 19.1. The Kier molecular flexibility index (Phi) is 6.27. The van der Waals surface area contributed by atoms with Gasteiger partial charge in [0.15, 0.2) is 9.84 Å². The van der Waals surface area contributed by atoms with Crippen LogP contribution >= 0.6 is 11.6 Å². The van der Waals surface area contributed by atoms with E-state index in [1.807, 2.05) is 0 Å². The number of carbonyl (C=O) groups excluding carboxylic acids is 1. The van der Waals surface area contributed by atoms with E-state index in [2.05, 4.69) is 5.32 Å². The van der Waals surface area contributed by atoms with Crippen LogP contribution in [-0.2, 0) is 14.6 Å². The van der Waals surface area contributed by atoms with E-state index in [1.165, 1.54) is 32.4 Å². The first-order valence-electron chi connectivity index (χ1n) is 7.36. The number of hydrogen-bond acceptors (Lipinski definition) is 5. The van der Waals surface area contributed by atoms with Crippen LogP contribution in [0, 0.1) is 0 Å². The second kappa shape index (κ2) is 8.22. The predicted molar refractivity (Wildman–Crippen MR) is 96.3 cm³/mol. The minimum absolute atomic E-state index is 0.147. The average molecular weight is 384 g/mol. The maximum atomic E-state index is 12.3. The lowest BCUT2D eigenvalue weighted by molar-refractivity contribution is -0.115. The number of amides is 1. The van der Waals surface area contributed by atoms with Gasteiger partial charge in [0.25, 0.3) is 0 Å². The molecule has 0 heterocycles. The van der Waals surface area contributed by atoms with Gasteiger partial charge in [0, 0.05) is 12.1 Å². The van der Waals surface area contributed by atoms with Gasteiger partial charge in [0.1, 0.15) is 11.5 Å². The molecule has 2 rings (SSSR count). The van der Waals surface area contributed by atoms with E-state index in [-0.39, 0.29) is 17.1 Å². The van der Waals surface area contributed by atoms with Crippen molar-refractivity contribution in [1.82, 2.24) is 0 Å². The van der Waals surface area contributed by atoms with E-state index < -0.39 is 15.7 Å². The Labute approximate surface area is 151 Å². The van der Waals surface area contributed by atoms with Crippen molar-refractivity contribution < 1.29 is 22.7 Å². The molecule has 0 spiro atoms. The fraction of sp³-hybridized carbons (Fsp3) is 0.235. The number of carbonyl (C=O) groups is 1. The highest BCUT2D eigenvalue weighted by Gasteiger charge is 2.17. The van der Waals surface area contributed by atoms with Crippen LogP contribution in [0.5, 0.6) is 11.5 Å². The number of rotatable bonds is 7. The lowest BCUT2D eigenvalue weighted by Crippen LogP contribution is -2.17. The van der Waals surface area contributed by atoms with Crippen LogP contribution in [0.15, 0.2) is 47.4 Å². The minimum atomic E-state index is -3.55. The number of hydrogen-bond donors (Lipinski definition) is 1. The number of methoxy groups -OCH3 is 2. The van der Waals surface area contributed by atoms with Crippen molar-refractivity contribution in [2.45, 2.75) is 11.3 Å². The van der Waals surface area contributed by atoms with Crippen LogP contribution in [0.1, 0.15) is 6.42 Å². The first-order valence-corrected chi connectivity index (χ1v) is 9.39. The fourth-order valence-electron chi connectivity index (χ4n) is 2.10. The smallest absolute Gasteiger partial charge is 0.225 e. The molecule has 0 atom stereocenters. The molecule has 0 aliphatic rings. The summed E-state index contributed by atoms with van der Waals surface area (Å²) in [6.07, 6.45) is -0.169. The summed E-state index contributed by atoms with van der Waals surface area (Å²) >= 11 is 5.98. The molecule has 2 aromatic carbocycles. The van der Waals surface area contributed by atoms with Crippen molar-refractivity contribution in [1.29, 1.82) is 0 Å². The van der Waals surface area contributed by atoms with Gasteiger partial charge in [-0.05, 0) is 42.5 Å². The van der Waals surface area contributed by atoms with Gasteiger partial charge in [-0.3, -0.25) is 4.79 Å². The third-order valence-electron chi connectivity index (χ3n) is 3.45. The van der Waals surface area contributed by atoms with Crippen LogP contribution in [-0.4, -0.2) is 34.3 Å². The van der Waals surface area contributed by atoms with Crippen LogP contribution in [0.25, 0.3) is 0 Å². The lowest BCUT2D eigenvalue weighted by atomic mass is 10.3. The number of anilines is 1. The largest absolute Gasteiger partial charge is 0.497 e. The van der Waals surface area contributed by atoms with E-state index in [4.69, 9.17) is 21.1 Å². The molecule has 0 aromatic heterocycles. The molecule has 0 unspecified atom stereocenters. The van der Waals surface area contributed by atoms with Gasteiger partial charge in [-0.2, -0.15) is 0 Å². The van der Waals surface area contributed by atoms with Crippen molar-refractivity contribution in [2.24, 2.45) is 0 Å². The van der Waals surface area contributed by atoms with E-state index in [9.17, 15) is 13.2 Å². The first-order chi connectivity index (χ1) is 11.9. The predicted octanol–water partition coefficient (Wildman–Crippen LogP) is 3.16. The summed E-state index contributed by atoms with van der Waals surface area (Å²) in [4.78, 5) is 12.1. The van der Waals surface area contributed by atoms with E-state index in [0.29, 0.717) is 22.2 Å². The summed E-state index contributed by atoms with van der Waals surface area (Å²) < 4.78 is 34.6. The van der Waals surface area contributed by atoms with Gasteiger partial charge in [-0.25, -0.2) is 8.42 Å². The third kappa shape index (κ3) is 5.11. The molecule has 8 heteroatoms. The normalized spacial score (nSPS) is 11.0. The van der Waals surface area contributed by atoms with Crippen LogP contribution in [0.3, 0.4) is 0 Å². The molecule has 25 heavy (non-hydrogen) atoms. The van der Waals surface area contributed by atoms with Gasteiger partial charge >= 0.3 is 0 Å². The van der Waals surface area contributed by atoms with Gasteiger partial charge in [-0.1, -0.05) is 11.6 Å². The van der Waals surface area contributed by atoms with E-state index in [0.717, 1.165) is 0 Å². The molecule has 0 fully saturated rings. The molecule has 1 N–H and O–H groups in total. The molecule has 0 aliphatic carbocycles. The highest BCUT2D eigenvalue weighted by Crippen LogP contribution is 2.27. The molecule has 134 valence electrons. The Morgan fingerprint density at radius 1 is 1.08 bits per heavy atom. The van der Waals surface area contributed by atoms with Gasteiger partial charge in [-0.15, -0.1) is 0 Å². The summed E-state index contributed by atoms with van der Waals surface area (Å²) in [6, 6.07) is 10.8. The number of halogens is 1.